The molecule has 18 heavy (non-hydrogen) atoms. The second-order valence-electron chi connectivity index (χ2n) is 4.37. The fourth-order valence-electron chi connectivity index (χ4n) is 2.12. The van der Waals surface area contributed by atoms with Crippen molar-refractivity contribution in [2.24, 2.45) is 4.99 Å². The van der Waals surface area contributed by atoms with E-state index in [0.29, 0.717) is 0 Å². The first-order valence-corrected chi connectivity index (χ1v) is 6.28. The van der Waals surface area contributed by atoms with Crippen LogP contribution in [0.1, 0.15) is 18.4 Å². The van der Waals surface area contributed by atoms with E-state index in [9.17, 15) is 0 Å². The van der Waals surface area contributed by atoms with Crippen molar-refractivity contribution < 1.29 is 4.74 Å². The summed E-state index contributed by atoms with van der Waals surface area (Å²) in [4.78, 5) is 4.50. The number of hydrogen-bond acceptors (Lipinski definition) is 2. The molecule has 0 atom stereocenters. The molecule has 0 bridgehead atoms. The predicted octanol–water partition coefficient (Wildman–Crippen LogP) is 4.06. The van der Waals surface area contributed by atoms with Crippen LogP contribution < -0.4 is 4.74 Å². The van der Waals surface area contributed by atoms with E-state index in [4.69, 9.17) is 4.74 Å². The highest BCUT2D eigenvalue weighted by Crippen LogP contribution is 2.22. The van der Waals surface area contributed by atoms with E-state index in [2.05, 4.69) is 17.1 Å². The first-order chi connectivity index (χ1) is 8.92. The Kier molecular flexibility index (Phi) is 3.09. The minimum absolute atomic E-state index is 0.864. The third kappa shape index (κ3) is 2.43. The van der Waals surface area contributed by atoms with Gasteiger partial charge in [0, 0.05) is 12.3 Å². The van der Waals surface area contributed by atoms with Crippen molar-refractivity contribution in [1.82, 2.24) is 0 Å². The van der Waals surface area contributed by atoms with Crippen LogP contribution in [0.4, 0.5) is 0 Å². The van der Waals surface area contributed by atoms with Crippen LogP contribution in [0.25, 0.3) is 0 Å². The summed E-state index contributed by atoms with van der Waals surface area (Å²) in [5.74, 6) is 1.73. The molecule has 2 heteroatoms. The van der Waals surface area contributed by atoms with Gasteiger partial charge in [-0.05, 0) is 54.8 Å². The average molecular weight is 237 g/mol. The number of benzene rings is 2. The van der Waals surface area contributed by atoms with Crippen molar-refractivity contribution in [3.63, 3.8) is 0 Å². The molecule has 2 aromatic carbocycles. The zero-order valence-electron chi connectivity index (χ0n) is 10.2. The molecule has 0 saturated heterocycles. The maximum atomic E-state index is 5.76. The van der Waals surface area contributed by atoms with Crippen molar-refractivity contribution in [3.8, 4) is 11.5 Å². The highest BCUT2D eigenvalue weighted by Gasteiger charge is 2.08. The van der Waals surface area contributed by atoms with Gasteiger partial charge in [-0.1, -0.05) is 18.2 Å². The number of hydrogen-bond donors (Lipinski definition) is 0. The lowest BCUT2D eigenvalue weighted by Crippen LogP contribution is -1.95. The smallest absolute Gasteiger partial charge is 0.127 e. The number of nitrogens with zero attached hydrogens (tertiary/aromatic N) is 1. The van der Waals surface area contributed by atoms with Crippen LogP contribution in [-0.2, 0) is 0 Å². The van der Waals surface area contributed by atoms with Gasteiger partial charge in [0.05, 0.1) is 0 Å². The zero-order chi connectivity index (χ0) is 12.2. The van der Waals surface area contributed by atoms with Crippen LogP contribution in [0, 0.1) is 0 Å². The Bertz CT molecular complexity index is 543. The maximum Gasteiger partial charge on any atom is 0.127 e. The second kappa shape index (κ2) is 5.05. The molecular formula is C16H15NO. The molecule has 0 spiro atoms. The van der Waals surface area contributed by atoms with Gasteiger partial charge in [-0.2, -0.15) is 0 Å². The molecule has 0 unspecified atom stereocenters. The van der Waals surface area contributed by atoms with E-state index in [1.807, 2.05) is 42.5 Å². The maximum absolute atomic E-state index is 5.76. The van der Waals surface area contributed by atoms with Gasteiger partial charge in [-0.25, -0.2) is 0 Å². The average Bonchev–Trinajstić information content (AvgIpc) is 2.95. The largest absolute Gasteiger partial charge is 0.457 e. The molecule has 0 fully saturated rings. The minimum Gasteiger partial charge on any atom is -0.457 e. The first-order valence-electron chi connectivity index (χ1n) is 6.28. The lowest BCUT2D eigenvalue weighted by atomic mass is 10.1. The van der Waals surface area contributed by atoms with Crippen molar-refractivity contribution in [2.75, 3.05) is 6.54 Å². The Hall–Kier alpha value is -2.09. The molecule has 0 aliphatic carbocycles. The zero-order valence-corrected chi connectivity index (χ0v) is 10.2. The molecule has 2 nitrogen and oxygen atoms in total. The summed E-state index contributed by atoms with van der Waals surface area (Å²) in [6.45, 7) is 0.970. The summed E-state index contributed by atoms with van der Waals surface area (Å²) < 4.78 is 5.76. The molecule has 0 aromatic heterocycles. The molecule has 0 N–H and O–H groups in total. The summed E-state index contributed by atoms with van der Waals surface area (Å²) in [7, 11) is 0. The minimum atomic E-state index is 0.864. The van der Waals surface area contributed by atoms with Crippen LogP contribution in [0.15, 0.2) is 59.6 Å². The standard InChI is InChI=1S/C16H15NO/c1-2-5-14(6-3-1)18-15-10-8-13(9-11-15)16-7-4-12-17-16/h1-3,5-6,8-11H,4,7,12H2. The molecule has 1 aliphatic rings. The third-order valence-electron chi connectivity index (χ3n) is 3.04. The molecule has 0 amide bonds. The summed E-state index contributed by atoms with van der Waals surface area (Å²) >= 11 is 0. The first kappa shape index (κ1) is 11.0. The molecule has 2 aromatic rings. The molecule has 0 saturated carbocycles. The lowest BCUT2D eigenvalue weighted by Gasteiger charge is -2.06. The van der Waals surface area contributed by atoms with E-state index >= 15 is 0 Å². The molecule has 1 aliphatic heterocycles. The van der Waals surface area contributed by atoms with Gasteiger partial charge < -0.3 is 4.74 Å². The highest BCUT2D eigenvalue weighted by molar-refractivity contribution is 6.01. The second-order valence-corrected chi connectivity index (χ2v) is 4.37. The van der Waals surface area contributed by atoms with Crippen molar-refractivity contribution in [3.05, 3.63) is 60.2 Å². The van der Waals surface area contributed by atoms with Crippen molar-refractivity contribution >= 4 is 5.71 Å². The molecular weight excluding hydrogens is 222 g/mol. The summed E-state index contributed by atoms with van der Waals surface area (Å²) in [5, 5.41) is 0. The Balaban J connectivity index is 1.75. The van der Waals surface area contributed by atoms with Gasteiger partial charge in [-0.3, -0.25) is 4.99 Å². The SMILES string of the molecule is c1ccc(Oc2ccc(C3=NCCC3)cc2)cc1. The summed E-state index contributed by atoms with van der Waals surface area (Å²) in [5.41, 5.74) is 2.44. The molecule has 1 heterocycles. The summed E-state index contributed by atoms with van der Waals surface area (Å²) in [6.07, 6.45) is 2.27. The Morgan fingerprint density at radius 1 is 0.833 bits per heavy atom. The number of rotatable bonds is 3. The van der Waals surface area contributed by atoms with Gasteiger partial charge in [-0.15, -0.1) is 0 Å². The Morgan fingerprint density at radius 2 is 1.56 bits per heavy atom. The van der Waals surface area contributed by atoms with Gasteiger partial charge >= 0.3 is 0 Å². The van der Waals surface area contributed by atoms with Crippen LogP contribution >= 0.6 is 0 Å². The van der Waals surface area contributed by atoms with Gasteiger partial charge in [0.1, 0.15) is 11.5 Å². The van der Waals surface area contributed by atoms with E-state index in [-0.39, 0.29) is 0 Å². The van der Waals surface area contributed by atoms with E-state index in [1.165, 1.54) is 17.7 Å². The normalized spacial score (nSPS) is 14.3. The van der Waals surface area contributed by atoms with Gasteiger partial charge in [0.15, 0.2) is 0 Å². The van der Waals surface area contributed by atoms with Crippen LogP contribution in [-0.4, -0.2) is 12.3 Å². The fourth-order valence-corrected chi connectivity index (χ4v) is 2.12. The van der Waals surface area contributed by atoms with Gasteiger partial charge in [0.25, 0.3) is 0 Å². The monoisotopic (exact) mass is 237 g/mol. The van der Waals surface area contributed by atoms with Crippen LogP contribution in [0.5, 0.6) is 11.5 Å². The lowest BCUT2D eigenvalue weighted by molar-refractivity contribution is 0.482. The Labute approximate surface area is 107 Å². The number of para-hydroxylation sites is 1. The van der Waals surface area contributed by atoms with Crippen molar-refractivity contribution in [2.45, 2.75) is 12.8 Å². The third-order valence-corrected chi connectivity index (χ3v) is 3.04. The predicted molar refractivity (Wildman–Crippen MR) is 73.6 cm³/mol. The topological polar surface area (TPSA) is 21.6 Å². The molecule has 0 radical (unpaired) electrons. The van der Waals surface area contributed by atoms with Crippen LogP contribution in [0.3, 0.4) is 0 Å². The molecule has 3 rings (SSSR count). The number of ether oxygens (including phenoxy) is 1. The summed E-state index contributed by atoms with van der Waals surface area (Å²) in [6, 6.07) is 18.0. The Morgan fingerprint density at radius 3 is 2.22 bits per heavy atom. The van der Waals surface area contributed by atoms with E-state index < -0.39 is 0 Å². The highest BCUT2D eigenvalue weighted by atomic mass is 16.5. The van der Waals surface area contributed by atoms with Crippen LogP contribution in [0.2, 0.25) is 0 Å². The van der Waals surface area contributed by atoms with E-state index in [0.717, 1.165) is 24.5 Å². The molecule has 90 valence electrons. The number of aliphatic imine (C=N–C) groups is 1. The quantitative estimate of drug-likeness (QED) is 0.788. The van der Waals surface area contributed by atoms with E-state index in [1.54, 1.807) is 0 Å². The van der Waals surface area contributed by atoms with Gasteiger partial charge in [0.2, 0.25) is 0 Å². The fraction of sp³-hybridized carbons (Fsp3) is 0.188. The van der Waals surface area contributed by atoms with Crippen molar-refractivity contribution in [1.29, 1.82) is 0 Å².